The quantitative estimate of drug-likeness (QED) is 0.269. The van der Waals surface area contributed by atoms with Crippen molar-refractivity contribution in [1.29, 1.82) is 0 Å². The molecule has 0 saturated carbocycles. The number of para-hydroxylation sites is 1. The van der Waals surface area contributed by atoms with Gasteiger partial charge in [0.15, 0.2) is 5.13 Å². The summed E-state index contributed by atoms with van der Waals surface area (Å²) < 4.78 is 1.23. The summed E-state index contributed by atoms with van der Waals surface area (Å²) in [6, 6.07) is 6.48. The number of unbranched alkanes of at least 4 members (excludes halogenated alkanes) is 15. The number of nitrogen functional groups attached to an aromatic ring is 1. The van der Waals surface area contributed by atoms with E-state index in [0.717, 1.165) is 11.9 Å². The number of benzene rings is 1. The molecule has 28 heavy (non-hydrogen) atoms. The third-order valence-corrected chi connectivity index (χ3v) is 6.67. The first kappa shape index (κ1) is 23.2. The summed E-state index contributed by atoms with van der Waals surface area (Å²) in [6.45, 7) is 2.29. The van der Waals surface area contributed by atoms with Crippen molar-refractivity contribution in [1.82, 2.24) is 4.98 Å². The lowest BCUT2D eigenvalue weighted by Gasteiger charge is -2.04. The molecule has 0 aliphatic rings. The zero-order valence-electron chi connectivity index (χ0n) is 18.2. The summed E-state index contributed by atoms with van der Waals surface area (Å²) in [7, 11) is 0. The first-order valence-corrected chi connectivity index (χ1v) is 12.8. The first-order valence-electron chi connectivity index (χ1n) is 11.9. The zero-order chi connectivity index (χ0) is 19.9. The lowest BCUT2D eigenvalue weighted by molar-refractivity contribution is 0.529. The summed E-state index contributed by atoms with van der Waals surface area (Å²) in [5, 5.41) is 0.689. The van der Waals surface area contributed by atoms with Crippen LogP contribution in [0.5, 0.6) is 0 Å². The lowest BCUT2D eigenvalue weighted by atomic mass is 10.0. The minimum atomic E-state index is 0.689. The minimum absolute atomic E-state index is 0.689. The van der Waals surface area contributed by atoms with Crippen LogP contribution in [0.2, 0.25) is 0 Å². The van der Waals surface area contributed by atoms with E-state index < -0.39 is 0 Å². The molecule has 0 unspecified atom stereocenters. The van der Waals surface area contributed by atoms with E-state index in [4.69, 9.17) is 5.73 Å². The molecule has 0 fully saturated rings. The van der Waals surface area contributed by atoms with Gasteiger partial charge < -0.3 is 5.73 Å². The molecule has 0 spiro atoms. The average molecular weight is 403 g/mol. The van der Waals surface area contributed by atoms with Gasteiger partial charge >= 0.3 is 0 Å². The van der Waals surface area contributed by atoms with Crippen LogP contribution in [-0.4, -0.2) is 4.98 Å². The van der Waals surface area contributed by atoms with Crippen LogP contribution in [0, 0.1) is 0 Å². The molecule has 1 heterocycles. The number of thiazole rings is 1. The van der Waals surface area contributed by atoms with Crippen LogP contribution in [0.15, 0.2) is 18.2 Å². The standard InChI is InChI=1S/C25H42N2S/c1-2-3-4-5-6-7-8-9-10-11-12-13-14-15-16-17-19-22-20-18-21-23-24(22)27-25(26)28-23/h18,20-21H,2-17,19H2,1H3,(H2,26,27). The largest absolute Gasteiger partial charge is 0.375 e. The second kappa shape index (κ2) is 14.8. The number of nitrogens with zero attached hydrogens (tertiary/aromatic N) is 1. The Morgan fingerprint density at radius 2 is 1.21 bits per heavy atom. The maximum atomic E-state index is 5.86. The molecular formula is C25H42N2S. The Kier molecular flexibility index (Phi) is 12.3. The van der Waals surface area contributed by atoms with E-state index in [1.807, 2.05) is 0 Å². The Bertz CT molecular complexity index is 635. The van der Waals surface area contributed by atoms with E-state index in [-0.39, 0.29) is 0 Å². The number of aryl methyl sites for hydroxylation is 1. The number of aromatic nitrogens is 1. The monoisotopic (exact) mass is 402 g/mol. The Morgan fingerprint density at radius 1 is 0.714 bits per heavy atom. The van der Waals surface area contributed by atoms with Crippen molar-refractivity contribution in [3.05, 3.63) is 23.8 Å². The molecule has 2 N–H and O–H groups in total. The van der Waals surface area contributed by atoms with Crippen LogP contribution in [0.25, 0.3) is 10.2 Å². The van der Waals surface area contributed by atoms with Gasteiger partial charge in [-0.3, -0.25) is 0 Å². The first-order chi connectivity index (χ1) is 13.8. The maximum absolute atomic E-state index is 5.86. The van der Waals surface area contributed by atoms with Gasteiger partial charge in [0.2, 0.25) is 0 Å². The zero-order valence-corrected chi connectivity index (χ0v) is 19.0. The second-order valence-corrected chi connectivity index (χ2v) is 9.43. The number of rotatable bonds is 17. The normalized spacial score (nSPS) is 11.5. The maximum Gasteiger partial charge on any atom is 0.181 e. The van der Waals surface area contributed by atoms with Crippen molar-refractivity contribution in [2.24, 2.45) is 0 Å². The number of anilines is 1. The molecule has 1 aromatic carbocycles. The van der Waals surface area contributed by atoms with E-state index in [1.165, 1.54) is 113 Å². The molecule has 0 saturated heterocycles. The summed E-state index contributed by atoms with van der Waals surface area (Å²) in [6.07, 6.45) is 23.9. The van der Waals surface area contributed by atoms with Crippen molar-refractivity contribution in [3.63, 3.8) is 0 Å². The highest BCUT2D eigenvalue weighted by molar-refractivity contribution is 7.22. The fourth-order valence-corrected chi connectivity index (χ4v) is 4.87. The predicted octanol–water partition coefficient (Wildman–Crippen LogP) is 8.68. The number of hydrogen-bond acceptors (Lipinski definition) is 3. The Labute approximate surface area is 177 Å². The lowest BCUT2D eigenvalue weighted by Crippen LogP contribution is -1.89. The van der Waals surface area contributed by atoms with Gasteiger partial charge in [-0.2, -0.15) is 0 Å². The highest BCUT2D eigenvalue weighted by Crippen LogP contribution is 2.27. The highest BCUT2D eigenvalue weighted by atomic mass is 32.1. The van der Waals surface area contributed by atoms with E-state index in [0.29, 0.717) is 5.13 Å². The topological polar surface area (TPSA) is 38.9 Å². The van der Waals surface area contributed by atoms with E-state index >= 15 is 0 Å². The SMILES string of the molecule is CCCCCCCCCCCCCCCCCCc1cccc2sc(N)nc12. The molecule has 0 radical (unpaired) electrons. The van der Waals surface area contributed by atoms with Crippen molar-refractivity contribution in [2.45, 2.75) is 116 Å². The molecule has 0 aliphatic heterocycles. The van der Waals surface area contributed by atoms with Crippen molar-refractivity contribution in [2.75, 3.05) is 5.73 Å². The fourth-order valence-electron chi connectivity index (χ4n) is 4.09. The van der Waals surface area contributed by atoms with Crippen LogP contribution in [0.3, 0.4) is 0 Å². The predicted molar refractivity (Wildman–Crippen MR) is 127 cm³/mol. The van der Waals surface area contributed by atoms with E-state index in [9.17, 15) is 0 Å². The highest BCUT2D eigenvalue weighted by Gasteiger charge is 2.05. The Morgan fingerprint density at radius 3 is 1.75 bits per heavy atom. The molecule has 0 amide bonds. The van der Waals surface area contributed by atoms with Crippen LogP contribution in [0.4, 0.5) is 5.13 Å². The minimum Gasteiger partial charge on any atom is -0.375 e. The molecular weight excluding hydrogens is 360 g/mol. The van der Waals surface area contributed by atoms with Gasteiger partial charge in [0.25, 0.3) is 0 Å². The van der Waals surface area contributed by atoms with Crippen LogP contribution >= 0.6 is 11.3 Å². The van der Waals surface area contributed by atoms with E-state index in [1.54, 1.807) is 11.3 Å². The van der Waals surface area contributed by atoms with Crippen molar-refractivity contribution in [3.8, 4) is 0 Å². The molecule has 2 aromatic rings. The van der Waals surface area contributed by atoms with Crippen molar-refractivity contribution < 1.29 is 0 Å². The van der Waals surface area contributed by atoms with Gasteiger partial charge in [-0.25, -0.2) is 4.98 Å². The van der Waals surface area contributed by atoms with Crippen LogP contribution in [0.1, 0.15) is 115 Å². The molecule has 0 aliphatic carbocycles. The molecule has 158 valence electrons. The Balaban J connectivity index is 1.37. The smallest absolute Gasteiger partial charge is 0.181 e. The van der Waals surface area contributed by atoms with Gasteiger partial charge in [-0.15, -0.1) is 0 Å². The van der Waals surface area contributed by atoms with Crippen LogP contribution in [-0.2, 0) is 6.42 Å². The third-order valence-electron chi connectivity index (χ3n) is 5.82. The second-order valence-electron chi connectivity index (χ2n) is 8.37. The fraction of sp³-hybridized carbons (Fsp3) is 0.720. The van der Waals surface area contributed by atoms with E-state index in [2.05, 4.69) is 30.1 Å². The third kappa shape index (κ3) is 9.41. The average Bonchev–Trinajstić information content (AvgIpc) is 3.08. The number of fused-ring (bicyclic) bond motifs is 1. The molecule has 0 atom stereocenters. The number of hydrogen-bond donors (Lipinski definition) is 1. The van der Waals surface area contributed by atoms with Gasteiger partial charge in [0.1, 0.15) is 0 Å². The Hall–Kier alpha value is -1.09. The summed E-state index contributed by atoms with van der Waals surface area (Å²) in [5.74, 6) is 0. The van der Waals surface area contributed by atoms with Gasteiger partial charge in [-0.05, 0) is 24.5 Å². The van der Waals surface area contributed by atoms with Gasteiger partial charge in [0.05, 0.1) is 10.2 Å². The van der Waals surface area contributed by atoms with Gasteiger partial charge in [-0.1, -0.05) is 127 Å². The van der Waals surface area contributed by atoms with Crippen LogP contribution < -0.4 is 5.73 Å². The number of nitrogens with two attached hydrogens (primary N) is 1. The summed E-state index contributed by atoms with van der Waals surface area (Å²) in [4.78, 5) is 4.50. The molecule has 1 aromatic heterocycles. The summed E-state index contributed by atoms with van der Waals surface area (Å²) in [5.41, 5.74) is 8.36. The molecule has 0 bridgehead atoms. The van der Waals surface area contributed by atoms with Gasteiger partial charge in [0, 0.05) is 0 Å². The molecule has 2 nitrogen and oxygen atoms in total. The summed E-state index contributed by atoms with van der Waals surface area (Å²) >= 11 is 1.60. The van der Waals surface area contributed by atoms with Crippen molar-refractivity contribution >= 4 is 26.7 Å². The molecule has 3 heteroatoms. The molecule has 2 rings (SSSR count).